The van der Waals surface area contributed by atoms with Gasteiger partial charge >= 0.3 is 5.69 Å². The lowest BCUT2D eigenvalue weighted by molar-refractivity contribution is 0.247. The van der Waals surface area contributed by atoms with Crippen LogP contribution < -0.4 is 16.6 Å². The van der Waals surface area contributed by atoms with Gasteiger partial charge in [0.2, 0.25) is 0 Å². The number of hydrogen-bond donors (Lipinski definition) is 1. The topological polar surface area (TPSA) is 97.6 Å². The van der Waals surface area contributed by atoms with Crippen molar-refractivity contribution in [3.8, 4) is 17.2 Å². The number of aromatic nitrogens is 4. The van der Waals surface area contributed by atoms with Crippen LogP contribution in [0.3, 0.4) is 0 Å². The average molecular weight is 652 g/mol. The van der Waals surface area contributed by atoms with Crippen LogP contribution in [-0.4, -0.2) is 31.8 Å². The molecule has 5 aromatic rings. The summed E-state index contributed by atoms with van der Waals surface area (Å²) in [6.45, 7) is 6.22. The van der Waals surface area contributed by atoms with Gasteiger partial charge in [-0.3, -0.25) is 18.9 Å². The first-order valence-corrected chi connectivity index (χ1v) is 15.5. The van der Waals surface area contributed by atoms with Crippen LogP contribution in [0, 0.1) is 16.7 Å². The Kier molecular flexibility index (Phi) is 7.41. The molecule has 8 nitrogen and oxygen atoms in total. The summed E-state index contributed by atoms with van der Waals surface area (Å²) in [6, 6.07) is 12.4. The minimum Gasteiger partial charge on any atom is -0.345 e. The molecule has 1 aliphatic rings. The number of rotatable bonds is 6. The molecule has 0 bridgehead atoms. The van der Waals surface area contributed by atoms with E-state index in [9.17, 15) is 14.9 Å². The molecule has 1 aromatic carbocycles. The second-order valence-corrected chi connectivity index (χ2v) is 13.3. The molecule has 0 radical (unpaired) electrons. The predicted octanol–water partition coefficient (Wildman–Crippen LogP) is 6.18. The third-order valence-electron chi connectivity index (χ3n) is 7.87. The minimum absolute atomic E-state index is 0.0900. The smallest absolute Gasteiger partial charge is 0.331 e. The quantitative estimate of drug-likeness (QED) is 0.237. The Labute approximate surface area is 253 Å². The van der Waals surface area contributed by atoms with Gasteiger partial charge in [0.15, 0.2) is 0 Å². The molecule has 1 aliphatic heterocycles. The fraction of sp³-hybridized carbons (Fsp3) is 0.333. The minimum atomic E-state index is -0.433. The molecule has 1 saturated heterocycles. The Balaban J connectivity index is 1.47. The third kappa shape index (κ3) is 5.06. The average Bonchev–Trinajstić information content (AvgIpc) is 3.56. The number of fused-ring (bicyclic) bond motifs is 2. The summed E-state index contributed by atoms with van der Waals surface area (Å²) in [5.41, 5.74) is 2.59. The normalized spacial score (nSPS) is 15.1. The lowest BCUT2D eigenvalue weighted by atomic mass is 9.80. The van der Waals surface area contributed by atoms with Gasteiger partial charge in [-0.1, -0.05) is 11.6 Å². The molecular formula is C30H28BrClN6O2S. The zero-order chi connectivity index (χ0) is 28.9. The zero-order valence-electron chi connectivity index (χ0n) is 22.7. The van der Waals surface area contributed by atoms with Crippen LogP contribution in [0.1, 0.15) is 37.6 Å². The van der Waals surface area contributed by atoms with E-state index >= 15 is 0 Å². The predicted molar refractivity (Wildman–Crippen MR) is 168 cm³/mol. The number of pyridine rings is 1. The first-order chi connectivity index (χ1) is 19.7. The Bertz CT molecular complexity index is 1960. The molecule has 210 valence electrons. The number of thiophene rings is 1. The molecule has 1 fully saturated rings. The summed E-state index contributed by atoms with van der Waals surface area (Å²) in [6.07, 6.45) is 6.97. The van der Waals surface area contributed by atoms with Crippen molar-refractivity contribution in [3.05, 3.63) is 84.1 Å². The Morgan fingerprint density at radius 2 is 1.98 bits per heavy atom. The Morgan fingerprint density at radius 1 is 1.20 bits per heavy atom. The van der Waals surface area contributed by atoms with Crippen LogP contribution in [0.25, 0.3) is 32.2 Å². The zero-order valence-corrected chi connectivity index (χ0v) is 25.8. The fourth-order valence-corrected chi connectivity index (χ4v) is 7.51. The summed E-state index contributed by atoms with van der Waals surface area (Å²) in [5.74, 6) is 0. The van der Waals surface area contributed by atoms with Crippen LogP contribution in [0.5, 0.6) is 0 Å². The van der Waals surface area contributed by atoms with Crippen LogP contribution >= 0.6 is 38.9 Å². The van der Waals surface area contributed by atoms with E-state index in [4.69, 9.17) is 11.6 Å². The van der Waals surface area contributed by atoms with Gasteiger partial charge in [0.1, 0.15) is 0 Å². The number of nitrogens with zero attached hydrogens (tertiary/aromatic N) is 5. The highest BCUT2D eigenvalue weighted by Gasteiger charge is 2.33. The highest BCUT2D eigenvalue weighted by Crippen LogP contribution is 2.40. The molecule has 0 saturated carbocycles. The van der Waals surface area contributed by atoms with Gasteiger partial charge in [0, 0.05) is 57.6 Å². The molecular weight excluding hydrogens is 624 g/mol. The van der Waals surface area contributed by atoms with Crippen molar-refractivity contribution >= 4 is 60.0 Å². The molecule has 0 aliphatic carbocycles. The second-order valence-electron chi connectivity index (χ2n) is 10.9. The summed E-state index contributed by atoms with van der Waals surface area (Å²) in [5, 5.41) is 15.1. The Hall–Kier alpha value is -3.23. The highest BCUT2D eigenvalue weighted by atomic mass is 79.9. The monoisotopic (exact) mass is 650 g/mol. The van der Waals surface area contributed by atoms with Crippen LogP contribution in [0.4, 0.5) is 0 Å². The largest absolute Gasteiger partial charge is 0.345 e. The molecule has 4 aromatic heterocycles. The molecule has 6 rings (SSSR count). The molecule has 1 N–H and O–H groups in total. The lowest BCUT2D eigenvalue weighted by Crippen LogP contribution is -2.40. The van der Waals surface area contributed by atoms with E-state index in [1.807, 2.05) is 44.3 Å². The standard InChI is InChI=1S/C30H28BrClN6O2S/c1-18(2)37-15-24(31)28(39)38(29(37)40)14-21-13-25-27(41-21)22(3-7-35-25)23-12-20(32)11-19-4-10-36(26(19)23)17-30(16-33)5-8-34-9-6-30/h3-4,7,10-13,15,18,34H,5-6,8-9,14,17H2,1-2H3. The van der Waals surface area contributed by atoms with Gasteiger partial charge in [-0.15, -0.1) is 11.3 Å². The van der Waals surface area contributed by atoms with E-state index in [-0.39, 0.29) is 23.8 Å². The highest BCUT2D eigenvalue weighted by molar-refractivity contribution is 9.10. The van der Waals surface area contributed by atoms with Crippen LogP contribution in [0.15, 0.2) is 63.0 Å². The van der Waals surface area contributed by atoms with Gasteiger partial charge in [-0.25, -0.2) is 4.79 Å². The lowest BCUT2D eigenvalue weighted by Gasteiger charge is -2.32. The van der Waals surface area contributed by atoms with Crippen molar-refractivity contribution in [3.63, 3.8) is 0 Å². The first-order valence-electron chi connectivity index (χ1n) is 13.5. The third-order valence-corrected chi connectivity index (χ3v) is 9.78. The number of piperidine rings is 1. The molecule has 0 amide bonds. The van der Waals surface area contributed by atoms with Crippen LogP contribution in [-0.2, 0) is 13.1 Å². The van der Waals surface area contributed by atoms with E-state index in [0.717, 1.165) is 63.1 Å². The maximum atomic E-state index is 13.1. The Morgan fingerprint density at radius 3 is 2.71 bits per heavy atom. The first kappa shape index (κ1) is 27.9. The van der Waals surface area contributed by atoms with Gasteiger partial charge in [0.05, 0.1) is 38.2 Å². The SMILES string of the molecule is CC(C)n1cc(Br)c(=O)n(Cc2cc3nccc(-c4cc(Cl)cc5ccn(CC6(C#N)CCNCC6)c45)c3s2)c1=O. The van der Waals surface area contributed by atoms with E-state index in [1.165, 1.54) is 15.9 Å². The molecule has 11 heteroatoms. The summed E-state index contributed by atoms with van der Waals surface area (Å²) < 4.78 is 6.29. The molecule has 0 atom stereocenters. The van der Waals surface area contributed by atoms with Gasteiger partial charge in [-0.2, -0.15) is 5.26 Å². The van der Waals surface area contributed by atoms with Crippen LogP contribution in [0.2, 0.25) is 5.02 Å². The molecule has 0 unspecified atom stereocenters. The van der Waals surface area contributed by atoms with Gasteiger partial charge in [-0.05, 0) is 86.0 Å². The number of nitrogens with one attached hydrogen (secondary N) is 1. The second kappa shape index (κ2) is 10.9. The maximum absolute atomic E-state index is 13.1. The van der Waals surface area contributed by atoms with E-state index in [0.29, 0.717) is 16.0 Å². The van der Waals surface area contributed by atoms with Crippen molar-refractivity contribution in [1.29, 1.82) is 5.26 Å². The van der Waals surface area contributed by atoms with Crippen molar-refractivity contribution in [1.82, 2.24) is 24.0 Å². The summed E-state index contributed by atoms with van der Waals surface area (Å²) >= 11 is 11.5. The fourth-order valence-electron chi connectivity index (χ4n) is 5.72. The molecule has 5 heterocycles. The number of halogens is 2. The van der Waals surface area contributed by atoms with Crippen molar-refractivity contribution < 1.29 is 0 Å². The van der Waals surface area contributed by atoms with Crippen molar-refractivity contribution in [2.24, 2.45) is 5.41 Å². The van der Waals surface area contributed by atoms with Crippen molar-refractivity contribution in [2.75, 3.05) is 13.1 Å². The molecule has 0 spiro atoms. The van der Waals surface area contributed by atoms with Gasteiger partial charge in [0.25, 0.3) is 5.56 Å². The number of nitriles is 1. The van der Waals surface area contributed by atoms with Gasteiger partial charge < -0.3 is 9.88 Å². The number of hydrogen-bond acceptors (Lipinski definition) is 6. The maximum Gasteiger partial charge on any atom is 0.331 e. The van der Waals surface area contributed by atoms with E-state index in [1.54, 1.807) is 17.0 Å². The summed E-state index contributed by atoms with van der Waals surface area (Å²) in [4.78, 5) is 31.5. The molecule has 41 heavy (non-hydrogen) atoms. The van der Waals surface area contributed by atoms with E-state index in [2.05, 4.69) is 42.9 Å². The van der Waals surface area contributed by atoms with Crippen molar-refractivity contribution in [2.45, 2.75) is 45.8 Å². The number of benzene rings is 1. The summed E-state index contributed by atoms with van der Waals surface area (Å²) in [7, 11) is 0. The van der Waals surface area contributed by atoms with E-state index < -0.39 is 5.41 Å².